The highest BCUT2D eigenvalue weighted by molar-refractivity contribution is 5.97. The van der Waals surface area contributed by atoms with Crippen molar-refractivity contribution in [2.75, 3.05) is 13.9 Å². The fourth-order valence-corrected chi connectivity index (χ4v) is 3.39. The number of fused-ring (bicyclic) bond motifs is 2. The Hall–Kier alpha value is -3.66. The SMILES string of the molecule is COc1ccc2c(/C=C/c3ccccc3)c(-c3ccc4c(c3)OCO4)oc2c1. The summed E-state index contributed by atoms with van der Waals surface area (Å²) in [6, 6.07) is 21.9. The first kappa shape index (κ1) is 16.5. The molecule has 28 heavy (non-hydrogen) atoms. The van der Waals surface area contributed by atoms with E-state index in [0.29, 0.717) is 0 Å². The molecular formula is C24H18O4. The Morgan fingerprint density at radius 2 is 1.71 bits per heavy atom. The van der Waals surface area contributed by atoms with Crippen molar-refractivity contribution >= 4 is 23.1 Å². The van der Waals surface area contributed by atoms with Crippen LogP contribution in [0.3, 0.4) is 0 Å². The maximum Gasteiger partial charge on any atom is 0.231 e. The summed E-state index contributed by atoms with van der Waals surface area (Å²) < 4.78 is 22.6. The molecule has 3 aromatic carbocycles. The van der Waals surface area contributed by atoms with Gasteiger partial charge in [0.15, 0.2) is 11.5 Å². The van der Waals surface area contributed by atoms with E-state index < -0.39 is 0 Å². The second-order valence-corrected chi connectivity index (χ2v) is 6.52. The molecule has 0 amide bonds. The van der Waals surface area contributed by atoms with Gasteiger partial charge in [-0.25, -0.2) is 0 Å². The van der Waals surface area contributed by atoms with E-state index in [0.717, 1.165) is 50.7 Å². The Morgan fingerprint density at radius 1 is 0.857 bits per heavy atom. The second kappa shape index (κ2) is 6.82. The first-order valence-corrected chi connectivity index (χ1v) is 9.05. The van der Waals surface area contributed by atoms with Crippen molar-refractivity contribution < 1.29 is 18.6 Å². The molecule has 0 spiro atoms. The molecule has 0 atom stereocenters. The molecule has 5 rings (SSSR count). The van der Waals surface area contributed by atoms with Crippen LogP contribution in [0.1, 0.15) is 11.1 Å². The fraction of sp³-hybridized carbons (Fsp3) is 0.0833. The predicted octanol–water partition coefficient (Wildman–Crippen LogP) is 6.01. The topological polar surface area (TPSA) is 40.8 Å². The summed E-state index contributed by atoms with van der Waals surface area (Å²) in [5, 5.41) is 1.03. The van der Waals surface area contributed by atoms with Crippen molar-refractivity contribution in [1.82, 2.24) is 0 Å². The highest BCUT2D eigenvalue weighted by Crippen LogP contribution is 2.41. The lowest BCUT2D eigenvalue weighted by Crippen LogP contribution is -1.92. The Kier molecular flexibility index (Phi) is 4.02. The van der Waals surface area contributed by atoms with Gasteiger partial charge in [-0.15, -0.1) is 0 Å². The van der Waals surface area contributed by atoms with Gasteiger partial charge in [0.25, 0.3) is 0 Å². The quantitative estimate of drug-likeness (QED) is 0.441. The number of rotatable bonds is 4. The third-order valence-electron chi connectivity index (χ3n) is 4.81. The van der Waals surface area contributed by atoms with Crippen LogP contribution in [-0.2, 0) is 0 Å². The van der Waals surface area contributed by atoms with Crippen molar-refractivity contribution in [2.24, 2.45) is 0 Å². The van der Waals surface area contributed by atoms with Crippen molar-refractivity contribution in [3.05, 3.63) is 77.9 Å². The molecule has 0 fully saturated rings. The summed E-state index contributed by atoms with van der Waals surface area (Å²) >= 11 is 0. The molecule has 0 unspecified atom stereocenters. The molecule has 1 aliphatic heterocycles. The maximum absolute atomic E-state index is 6.25. The number of hydrogen-bond acceptors (Lipinski definition) is 4. The molecule has 0 radical (unpaired) electrons. The standard InChI is InChI=1S/C24H18O4/c1-25-18-9-11-19-20(10-7-16-5-3-2-4-6-16)24(28-22(19)14-18)17-8-12-21-23(13-17)27-15-26-21/h2-14H,15H2,1H3/b10-7+. The van der Waals surface area contributed by atoms with E-state index in [-0.39, 0.29) is 6.79 Å². The van der Waals surface area contributed by atoms with Gasteiger partial charge in [-0.2, -0.15) is 0 Å². The van der Waals surface area contributed by atoms with Gasteiger partial charge in [0.05, 0.1) is 7.11 Å². The lowest BCUT2D eigenvalue weighted by molar-refractivity contribution is 0.174. The minimum Gasteiger partial charge on any atom is -0.497 e. The Balaban J connectivity index is 1.67. The molecule has 0 saturated carbocycles. The molecule has 0 N–H and O–H groups in total. The van der Waals surface area contributed by atoms with Crippen LogP contribution in [0.15, 0.2) is 71.1 Å². The highest BCUT2D eigenvalue weighted by Gasteiger charge is 2.19. The Labute approximate surface area is 162 Å². The zero-order chi connectivity index (χ0) is 18.9. The molecule has 4 heteroatoms. The molecule has 1 aromatic heterocycles. The highest BCUT2D eigenvalue weighted by atomic mass is 16.7. The molecule has 138 valence electrons. The van der Waals surface area contributed by atoms with Crippen LogP contribution in [0, 0.1) is 0 Å². The zero-order valence-corrected chi connectivity index (χ0v) is 15.3. The minimum absolute atomic E-state index is 0.247. The smallest absolute Gasteiger partial charge is 0.231 e. The van der Waals surface area contributed by atoms with Crippen LogP contribution >= 0.6 is 0 Å². The monoisotopic (exact) mass is 370 g/mol. The molecule has 0 bridgehead atoms. The van der Waals surface area contributed by atoms with E-state index in [1.165, 1.54) is 0 Å². The summed E-state index contributed by atoms with van der Waals surface area (Å²) in [4.78, 5) is 0. The summed E-state index contributed by atoms with van der Waals surface area (Å²) in [6.45, 7) is 0.247. The molecule has 0 saturated heterocycles. The lowest BCUT2D eigenvalue weighted by Gasteiger charge is -2.02. The Bertz CT molecular complexity index is 1170. The number of methoxy groups -OCH3 is 1. The average Bonchev–Trinajstić information content (AvgIpc) is 3.36. The third kappa shape index (κ3) is 2.89. The van der Waals surface area contributed by atoms with Crippen molar-refractivity contribution in [2.45, 2.75) is 0 Å². The summed E-state index contributed by atoms with van der Waals surface area (Å²) in [7, 11) is 1.65. The van der Waals surface area contributed by atoms with Crippen LogP contribution < -0.4 is 14.2 Å². The summed E-state index contributed by atoms with van der Waals surface area (Å²) in [5.41, 5.74) is 3.86. The maximum atomic E-state index is 6.25. The predicted molar refractivity (Wildman–Crippen MR) is 110 cm³/mol. The molecular weight excluding hydrogens is 352 g/mol. The number of ether oxygens (including phenoxy) is 3. The molecule has 4 aromatic rings. The largest absolute Gasteiger partial charge is 0.497 e. The van der Waals surface area contributed by atoms with Gasteiger partial charge in [0.1, 0.15) is 17.1 Å². The number of benzene rings is 3. The zero-order valence-electron chi connectivity index (χ0n) is 15.3. The normalized spacial score (nSPS) is 12.8. The minimum atomic E-state index is 0.247. The van der Waals surface area contributed by atoms with E-state index in [4.69, 9.17) is 18.6 Å². The van der Waals surface area contributed by atoms with Crippen LogP contribution in [-0.4, -0.2) is 13.9 Å². The number of hydrogen-bond donors (Lipinski definition) is 0. The van der Waals surface area contributed by atoms with Gasteiger partial charge in [-0.1, -0.05) is 36.4 Å². The lowest BCUT2D eigenvalue weighted by atomic mass is 10.0. The van der Waals surface area contributed by atoms with Crippen LogP contribution in [0.5, 0.6) is 17.2 Å². The van der Waals surface area contributed by atoms with E-state index in [2.05, 4.69) is 24.3 Å². The average molecular weight is 370 g/mol. The first-order chi connectivity index (χ1) is 13.8. The van der Waals surface area contributed by atoms with Crippen LogP contribution in [0.4, 0.5) is 0 Å². The van der Waals surface area contributed by atoms with Gasteiger partial charge in [-0.3, -0.25) is 0 Å². The molecule has 1 aliphatic rings. The first-order valence-electron chi connectivity index (χ1n) is 9.05. The van der Waals surface area contributed by atoms with Crippen LogP contribution in [0.25, 0.3) is 34.4 Å². The van der Waals surface area contributed by atoms with E-state index in [9.17, 15) is 0 Å². The van der Waals surface area contributed by atoms with E-state index >= 15 is 0 Å². The fourth-order valence-electron chi connectivity index (χ4n) is 3.39. The number of furan rings is 1. The van der Waals surface area contributed by atoms with E-state index in [1.807, 2.05) is 54.6 Å². The summed E-state index contributed by atoms with van der Waals surface area (Å²) in [6.07, 6.45) is 4.18. The van der Waals surface area contributed by atoms with Crippen LogP contribution in [0.2, 0.25) is 0 Å². The van der Waals surface area contributed by atoms with Gasteiger partial charge >= 0.3 is 0 Å². The van der Waals surface area contributed by atoms with Crippen molar-refractivity contribution in [3.63, 3.8) is 0 Å². The van der Waals surface area contributed by atoms with E-state index in [1.54, 1.807) is 7.11 Å². The molecule has 2 heterocycles. The summed E-state index contributed by atoms with van der Waals surface area (Å²) in [5.74, 6) is 3.03. The molecule has 0 aliphatic carbocycles. The third-order valence-corrected chi connectivity index (χ3v) is 4.81. The van der Waals surface area contributed by atoms with Crippen molar-refractivity contribution in [3.8, 4) is 28.6 Å². The van der Waals surface area contributed by atoms with Gasteiger partial charge in [0, 0.05) is 22.6 Å². The Morgan fingerprint density at radius 3 is 2.57 bits per heavy atom. The van der Waals surface area contributed by atoms with Gasteiger partial charge < -0.3 is 18.6 Å². The van der Waals surface area contributed by atoms with Gasteiger partial charge in [0.2, 0.25) is 6.79 Å². The van der Waals surface area contributed by atoms with Gasteiger partial charge in [-0.05, 0) is 42.0 Å². The van der Waals surface area contributed by atoms with Crippen molar-refractivity contribution in [1.29, 1.82) is 0 Å². The molecule has 4 nitrogen and oxygen atoms in total. The second-order valence-electron chi connectivity index (χ2n) is 6.52.